The van der Waals surface area contributed by atoms with Crippen LogP contribution in [0, 0.1) is 0 Å². The molecule has 7 heteroatoms. The number of fused-ring (bicyclic) bond motifs is 1. The lowest BCUT2D eigenvalue weighted by atomic mass is 10.1. The number of nitrogens with two attached hydrogens (primary N) is 1. The molecule has 7 nitrogen and oxygen atoms in total. The van der Waals surface area contributed by atoms with Gasteiger partial charge in [-0.1, -0.05) is 12.1 Å². The number of hydrogen-bond acceptors (Lipinski definition) is 6. The second-order valence-electron chi connectivity index (χ2n) is 3.95. The van der Waals surface area contributed by atoms with Gasteiger partial charge in [-0.3, -0.25) is 14.5 Å². The maximum Gasteiger partial charge on any atom is 0.261 e. The Labute approximate surface area is 102 Å². The van der Waals surface area contributed by atoms with Gasteiger partial charge in [-0.2, -0.15) is 5.11 Å². The molecule has 2 aliphatic heterocycles. The van der Waals surface area contributed by atoms with Crippen LogP contribution in [0.15, 0.2) is 39.5 Å². The zero-order chi connectivity index (χ0) is 12.7. The first-order chi connectivity index (χ1) is 8.66. The number of aliphatic imine (C=N–C) groups is 1. The van der Waals surface area contributed by atoms with Crippen molar-refractivity contribution >= 4 is 17.8 Å². The molecule has 0 fully saturated rings. The van der Waals surface area contributed by atoms with Crippen LogP contribution in [-0.2, 0) is 0 Å². The van der Waals surface area contributed by atoms with Crippen LogP contribution >= 0.6 is 0 Å². The molecule has 0 radical (unpaired) electrons. The lowest BCUT2D eigenvalue weighted by molar-refractivity contribution is 0.0646. The van der Waals surface area contributed by atoms with Crippen molar-refractivity contribution in [3.05, 3.63) is 35.4 Å². The van der Waals surface area contributed by atoms with Gasteiger partial charge in [0, 0.05) is 0 Å². The van der Waals surface area contributed by atoms with Gasteiger partial charge >= 0.3 is 0 Å². The maximum atomic E-state index is 12.0. The van der Waals surface area contributed by atoms with Crippen molar-refractivity contribution in [1.82, 2.24) is 4.90 Å². The Kier molecular flexibility index (Phi) is 2.19. The van der Waals surface area contributed by atoms with Crippen LogP contribution in [0.2, 0.25) is 0 Å². The van der Waals surface area contributed by atoms with Crippen molar-refractivity contribution in [2.24, 2.45) is 21.0 Å². The number of benzene rings is 1. The molecule has 1 atom stereocenters. The number of guanidine groups is 1. The van der Waals surface area contributed by atoms with E-state index >= 15 is 0 Å². The fourth-order valence-corrected chi connectivity index (χ4v) is 1.98. The Morgan fingerprint density at radius 3 is 2.28 bits per heavy atom. The summed E-state index contributed by atoms with van der Waals surface area (Å²) < 4.78 is 0. The summed E-state index contributed by atoms with van der Waals surface area (Å²) in [5.74, 6) is -0.588. The second-order valence-corrected chi connectivity index (χ2v) is 3.95. The molecule has 90 valence electrons. The van der Waals surface area contributed by atoms with Crippen LogP contribution in [0.1, 0.15) is 20.7 Å². The van der Waals surface area contributed by atoms with Crippen LogP contribution in [0.5, 0.6) is 0 Å². The average Bonchev–Trinajstić information content (AvgIpc) is 2.88. The number of carbonyl (C=O) groups excluding carboxylic acids is 2. The number of amides is 2. The normalized spacial score (nSPS) is 21.4. The number of azo groups is 1. The highest BCUT2D eigenvalue weighted by Gasteiger charge is 2.36. The van der Waals surface area contributed by atoms with Crippen molar-refractivity contribution in [2.75, 3.05) is 6.54 Å². The third kappa shape index (κ3) is 1.48. The Morgan fingerprint density at radius 2 is 1.78 bits per heavy atom. The molecule has 2 heterocycles. The van der Waals surface area contributed by atoms with E-state index in [2.05, 4.69) is 15.2 Å². The van der Waals surface area contributed by atoms with E-state index in [1.54, 1.807) is 24.3 Å². The highest BCUT2D eigenvalue weighted by atomic mass is 16.2. The molecule has 2 N–H and O–H groups in total. The van der Waals surface area contributed by atoms with Crippen LogP contribution in [0.25, 0.3) is 0 Å². The average molecular weight is 243 g/mol. The Morgan fingerprint density at radius 1 is 1.17 bits per heavy atom. The van der Waals surface area contributed by atoms with E-state index in [9.17, 15) is 9.59 Å². The molecule has 1 aromatic rings. The predicted octanol–water partition coefficient (Wildman–Crippen LogP) is 0.389. The third-order valence-electron chi connectivity index (χ3n) is 2.80. The van der Waals surface area contributed by atoms with Gasteiger partial charge in [0.15, 0.2) is 6.17 Å². The lowest BCUT2D eigenvalue weighted by Gasteiger charge is -2.14. The van der Waals surface area contributed by atoms with Crippen molar-refractivity contribution in [1.29, 1.82) is 0 Å². The van der Waals surface area contributed by atoms with Gasteiger partial charge in [0.1, 0.15) is 0 Å². The summed E-state index contributed by atoms with van der Waals surface area (Å²) in [5, 5.41) is 7.32. The van der Waals surface area contributed by atoms with Gasteiger partial charge in [-0.05, 0) is 12.1 Å². The SMILES string of the molecule is NC1=N[C@H](CN2C(=O)c3ccccc3C2=O)N=N1. The summed E-state index contributed by atoms with van der Waals surface area (Å²) in [4.78, 5) is 29.1. The van der Waals surface area contributed by atoms with Crippen LogP contribution in [0.4, 0.5) is 0 Å². The van der Waals surface area contributed by atoms with Gasteiger partial charge in [-0.15, -0.1) is 5.11 Å². The largest absolute Gasteiger partial charge is 0.367 e. The van der Waals surface area contributed by atoms with Gasteiger partial charge < -0.3 is 5.73 Å². The van der Waals surface area contributed by atoms with E-state index < -0.39 is 6.17 Å². The Hall–Kier alpha value is -2.57. The minimum Gasteiger partial charge on any atom is -0.367 e. The lowest BCUT2D eigenvalue weighted by Crippen LogP contribution is -2.35. The van der Waals surface area contributed by atoms with E-state index in [0.717, 1.165) is 4.90 Å². The molecule has 2 aliphatic rings. The fourth-order valence-electron chi connectivity index (χ4n) is 1.98. The van der Waals surface area contributed by atoms with Gasteiger partial charge in [0.05, 0.1) is 17.7 Å². The fraction of sp³-hybridized carbons (Fsp3) is 0.182. The number of nitrogens with zero attached hydrogens (tertiary/aromatic N) is 4. The molecule has 0 spiro atoms. The highest BCUT2D eigenvalue weighted by Crippen LogP contribution is 2.23. The molecule has 0 saturated carbocycles. The number of rotatable bonds is 2. The summed E-state index contributed by atoms with van der Waals surface area (Å²) in [6, 6.07) is 6.70. The summed E-state index contributed by atoms with van der Waals surface area (Å²) in [6.07, 6.45) is -0.591. The van der Waals surface area contributed by atoms with Crippen molar-refractivity contribution in [3.8, 4) is 0 Å². The van der Waals surface area contributed by atoms with Gasteiger partial charge in [0.2, 0.25) is 5.96 Å². The standard InChI is InChI=1S/C11H9N5O2/c12-11-13-8(14-15-11)5-16-9(17)6-3-1-2-4-7(6)10(16)18/h1-4,8H,5H2,(H2,12,13)/t8-/m0/s1. The first-order valence-corrected chi connectivity index (χ1v) is 5.36. The minimum absolute atomic E-state index is 0.0660. The van der Waals surface area contributed by atoms with Crippen molar-refractivity contribution in [2.45, 2.75) is 6.17 Å². The second kappa shape index (κ2) is 3.73. The predicted molar refractivity (Wildman–Crippen MR) is 62.1 cm³/mol. The number of hydrogen-bond donors (Lipinski definition) is 1. The van der Waals surface area contributed by atoms with E-state index in [-0.39, 0.29) is 24.3 Å². The molecule has 0 saturated heterocycles. The molecule has 0 unspecified atom stereocenters. The van der Waals surface area contributed by atoms with E-state index in [4.69, 9.17) is 5.73 Å². The number of carbonyl (C=O) groups is 2. The molecule has 18 heavy (non-hydrogen) atoms. The summed E-state index contributed by atoms with van der Waals surface area (Å²) in [5.41, 5.74) is 6.18. The number of imide groups is 1. The van der Waals surface area contributed by atoms with Crippen molar-refractivity contribution < 1.29 is 9.59 Å². The maximum absolute atomic E-state index is 12.0. The van der Waals surface area contributed by atoms with E-state index in [1.807, 2.05) is 0 Å². The van der Waals surface area contributed by atoms with E-state index in [1.165, 1.54) is 0 Å². The summed E-state index contributed by atoms with van der Waals surface area (Å²) in [7, 11) is 0. The molecule has 3 rings (SSSR count). The van der Waals surface area contributed by atoms with Gasteiger partial charge in [0.25, 0.3) is 11.8 Å². The molecule has 0 bridgehead atoms. The molecule has 2 amide bonds. The smallest absolute Gasteiger partial charge is 0.261 e. The Bertz CT molecular complexity index is 572. The molecule has 1 aromatic carbocycles. The zero-order valence-electron chi connectivity index (χ0n) is 9.28. The minimum atomic E-state index is -0.591. The third-order valence-corrected chi connectivity index (χ3v) is 2.80. The summed E-state index contributed by atoms with van der Waals surface area (Å²) >= 11 is 0. The molecule has 0 aromatic heterocycles. The first-order valence-electron chi connectivity index (χ1n) is 5.36. The summed E-state index contributed by atoms with van der Waals surface area (Å²) in [6.45, 7) is 0.0660. The zero-order valence-corrected chi connectivity index (χ0v) is 9.28. The van der Waals surface area contributed by atoms with Crippen LogP contribution in [0.3, 0.4) is 0 Å². The van der Waals surface area contributed by atoms with E-state index in [0.29, 0.717) is 11.1 Å². The Balaban J connectivity index is 1.87. The topological polar surface area (TPSA) is 100 Å². The monoisotopic (exact) mass is 243 g/mol. The first kappa shape index (κ1) is 10.6. The highest BCUT2D eigenvalue weighted by molar-refractivity contribution is 6.21. The van der Waals surface area contributed by atoms with Gasteiger partial charge in [-0.25, -0.2) is 4.99 Å². The van der Waals surface area contributed by atoms with Crippen LogP contribution in [-0.4, -0.2) is 35.4 Å². The van der Waals surface area contributed by atoms with Crippen molar-refractivity contribution in [3.63, 3.8) is 0 Å². The molecular formula is C11H9N5O2. The molecular weight excluding hydrogens is 234 g/mol. The van der Waals surface area contributed by atoms with Crippen LogP contribution < -0.4 is 5.73 Å². The quantitative estimate of drug-likeness (QED) is 0.760. The molecule has 0 aliphatic carbocycles.